The van der Waals surface area contributed by atoms with Gasteiger partial charge in [0.25, 0.3) is 5.91 Å². The first-order chi connectivity index (χ1) is 12.6. The van der Waals surface area contributed by atoms with Crippen LogP contribution in [0, 0.1) is 0 Å². The Hall–Kier alpha value is -2.44. The van der Waals surface area contributed by atoms with E-state index in [9.17, 15) is 9.59 Å². The average molecular weight is 404 g/mol. The van der Waals surface area contributed by atoms with Gasteiger partial charge in [0.05, 0.1) is 6.42 Å². The smallest absolute Gasteiger partial charge is 0.269 e. The zero-order valence-electron chi connectivity index (χ0n) is 15.4. The summed E-state index contributed by atoms with van der Waals surface area (Å²) >= 11 is 10.8. The molecule has 0 radical (unpaired) electrons. The van der Waals surface area contributed by atoms with Gasteiger partial charge in [-0.1, -0.05) is 56.6 Å². The summed E-state index contributed by atoms with van der Waals surface area (Å²) in [7, 11) is 0. The lowest BCUT2D eigenvalue weighted by molar-refractivity contribution is -0.119. The van der Waals surface area contributed by atoms with Crippen molar-refractivity contribution in [1.29, 1.82) is 0 Å². The van der Waals surface area contributed by atoms with Gasteiger partial charge in [-0.3, -0.25) is 20.4 Å². The molecule has 142 valence electrons. The maximum atomic E-state index is 12.2. The van der Waals surface area contributed by atoms with E-state index in [0.29, 0.717) is 10.6 Å². The minimum Gasteiger partial charge on any atom is -0.302 e. The fraction of sp³-hybridized carbons (Fsp3) is 0.250. The van der Waals surface area contributed by atoms with Crippen LogP contribution >= 0.6 is 23.8 Å². The highest BCUT2D eigenvalue weighted by Gasteiger charge is 2.14. The third-order valence-electron chi connectivity index (χ3n) is 3.83. The quantitative estimate of drug-likeness (QED) is 0.541. The van der Waals surface area contributed by atoms with Crippen LogP contribution in [0.15, 0.2) is 48.5 Å². The highest BCUT2D eigenvalue weighted by Crippen LogP contribution is 2.22. The van der Waals surface area contributed by atoms with E-state index in [-0.39, 0.29) is 28.8 Å². The molecule has 2 aromatic rings. The number of hydrogen-bond acceptors (Lipinski definition) is 3. The van der Waals surface area contributed by atoms with Crippen LogP contribution in [0.25, 0.3) is 0 Å². The third-order valence-corrected chi connectivity index (χ3v) is 4.29. The maximum Gasteiger partial charge on any atom is 0.269 e. The summed E-state index contributed by atoms with van der Waals surface area (Å²) in [6, 6.07) is 14.3. The number of carbonyl (C=O) groups excluding carboxylic acids is 2. The molecule has 0 heterocycles. The van der Waals surface area contributed by atoms with Crippen LogP contribution in [0.1, 0.15) is 42.3 Å². The number of benzene rings is 2. The molecule has 2 rings (SSSR count). The Balaban J connectivity index is 1.81. The monoisotopic (exact) mass is 403 g/mol. The summed E-state index contributed by atoms with van der Waals surface area (Å²) < 4.78 is 0. The van der Waals surface area contributed by atoms with Gasteiger partial charge in [-0.25, -0.2) is 0 Å². The maximum absolute atomic E-state index is 12.2. The van der Waals surface area contributed by atoms with Crippen LogP contribution in [0.5, 0.6) is 0 Å². The van der Waals surface area contributed by atoms with Crippen LogP contribution in [-0.2, 0) is 16.6 Å². The molecule has 0 saturated carbocycles. The van der Waals surface area contributed by atoms with Crippen molar-refractivity contribution in [3.8, 4) is 0 Å². The Kier molecular flexibility index (Phi) is 6.93. The summed E-state index contributed by atoms with van der Waals surface area (Å²) in [5.74, 6) is -0.636. The van der Waals surface area contributed by atoms with Gasteiger partial charge < -0.3 is 5.32 Å². The van der Waals surface area contributed by atoms with E-state index in [0.717, 1.165) is 11.1 Å². The summed E-state index contributed by atoms with van der Waals surface area (Å²) in [4.78, 5) is 24.1. The molecule has 0 fully saturated rings. The molecule has 0 atom stereocenters. The van der Waals surface area contributed by atoms with Crippen molar-refractivity contribution in [2.75, 3.05) is 0 Å². The van der Waals surface area contributed by atoms with Gasteiger partial charge in [-0.05, 0) is 53.0 Å². The minimum absolute atomic E-state index is 0.0171. The van der Waals surface area contributed by atoms with Gasteiger partial charge in [-0.15, -0.1) is 0 Å². The lowest BCUT2D eigenvalue weighted by atomic mass is 9.87. The fourth-order valence-electron chi connectivity index (χ4n) is 2.30. The normalized spacial score (nSPS) is 10.8. The molecular formula is C20H22ClN3O2S. The van der Waals surface area contributed by atoms with Crippen molar-refractivity contribution in [2.45, 2.75) is 32.6 Å². The largest absolute Gasteiger partial charge is 0.302 e. The molecule has 27 heavy (non-hydrogen) atoms. The minimum atomic E-state index is -0.343. The number of halogens is 1. The second-order valence-corrected chi connectivity index (χ2v) is 7.93. The van der Waals surface area contributed by atoms with Crippen molar-refractivity contribution >= 4 is 40.7 Å². The van der Waals surface area contributed by atoms with Crippen molar-refractivity contribution in [2.24, 2.45) is 0 Å². The molecule has 0 aliphatic rings. The van der Waals surface area contributed by atoms with E-state index < -0.39 is 0 Å². The summed E-state index contributed by atoms with van der Waals surface area (Å²) in [5, 5.41) is 3.14. The zero-order chi connectivity index (χ0) is 20.0. The number of nitrogens with one attached hydrogen (secondary N) is 3. The molecule has 0 bridgehead atoms. The lowest BCUT2D eigenvalue weighted by Gasteiger charge is -2.19. The summed E-state index contributed by atoms with van der Waals surface area (Å²) in [6.07, 6.45) is 0.154. The van der Waals surface area contributed by atoms with E-state index in [1.165, 1.54) is 0 Å². The van der Waals surface area contributed by atoms with Crippen molar-refractivity contribution in [3.05, 3.63) is 70.2 Å². The van der Waals surface area contributed by atoms with Gasteiger partial charge in [-0.2, -0.15) is 0 Å². The molecule has 0 aromatic heterocycles. The van der Waals surface area contributed by atoms with Crippen molar-refractivity contribution in [3.63, 3.8) is 0 Å². The first-order valence-electron chi connectivity index (χ1n) is 8.40. The first kappa shape index (κ1) is 20.9. The second-order valence-electron chi connectivity index (χ2n) is 7.09. The van der Waals surface area contributed by atoms with Crippen LogP contribution in [0.2, 0.25) is 5.02 Å². The molecule has 0 spiro atoms. The van der Waals surface area contributed by atoms with E-state index in [1.54, 1.807) is 36.4 Å². The van der Waals surface area contributed by atoms with E-state index in [1.807, 2.05) is 12.1 Å². The zero-order valence-corrected chi connectivity index (χ0v) is 17.0. The summed E-state index contributed by atoms with van der Waals surface area (Å²) in [6.45, 7) is 6.32. The topological polar surface area (TPSA) is 70.2 Å². The molecule has 5 nitrogen and oxygen atoms in total. The molecule has 0 aliphatic heterocycles. The van der Waals surface area contributed by atoms with Gasteiger partial charge in [0.2, 0.25) is 5.91 Å². The number of hydrazine groups is 1. The Bertz CT molecular complexity index is 828. The third kappa shape index (κ3) is 6.66. The highest BCUT2D eigenvalue weighted by molar-refractivity contribution is 7.80. The van der Waals surface area contributed by atoms with Crippen LogP contribution in [0.3, 0.4) is 0 Å². The standard InChI is InChI=1S/C20H22ClN3O2S/c1-20(2,3)15-8-6-14(7-9-15)18(26)23-24-19(27)22-17(25)12-13-4-10-16(21)11-5-13/h4-11H,12H2,1-3H3,(H,23,26)(H2,22,24,25,27). The van der Waals surface area contributed by atoms with Gasteiger partial charge in [0.15, 0.2) is 5.11 Å². The predicted molar refractivity (Wildman–Crippen MR) is 112 cm³/mol. The van der Waals surface area contributed by atoms with Crippen molar-refractivity contribution in [1.82, 2.24) is 16.2 Å². The Morgan fingerprint density at radius 3 is 2.11 bits per heavy atom. The van der Waals surface area contributed by atoms with Crippen molar-refractivity contribution < 1.29 is 9.59 Å². The van der Waals surface area contributed by atoms with Gasteiger partial charge in [0.1, 0.15) is 0 Å². The average Bonchev–Trinajstić information content (AvgIpc) is 2.61. The van der Waals surface area contributed by atoms with E-state index >= 15 is 0 Å². The number of carbonyl (C=O) groups is 2. The number of amides is 2. The second kappa shape index (κ2) is 8.97. The number of rotatable bonds is 3. The van der Waals surface area contributed by atoms with E-state index in [2.05, 4.69) is 36.9 Å². The highest BCUT2D eigenvalue weighted by atomic mass is 35.5. The lowest BCUT2D eigenvalue weighted by Crippen LogP contribution is -2.48. The van der Waals surface area contributed by atoms with Crippen LogP contribution in [0.4, 0.5) is 0 Å². The SMILES string of the molecule is CC(C)(C)c1ccc(C(=O)NNC(=S)NC(=O)Cc2ccc(Cl)cc2)cc1. The number of hydrogen-bond donors (Lipinski definition) is 3. The van der Waals surface area contributed by atoms with Gasteiger partial charge in [0, 0.05) is 10.6 Å². The molecule has 0 unspecified atom stereocenters. The Morgan fingerprint density at radius 1 is 0.963 bits per heavy atom. The Morgan fingerprint density at radius 2 is 1.56 bits per heavy atom. The first-order valence-corrected chi connectivity index (χ1v) is 9.19. The molecular weight excluding hydrogens is 382 g/mol. The molecule has 7 heteroatoms. The predicted octanol–water partition coefficient (Wildman–Crippen LogP) is 3.52. The van der Waals surface area contributed by atoms with Crippen LogP contribution < -0.4 is 16.2 Å². The molecule has 0 saturated heterocycles. The fourth-order valence-corrected chi connectivity index (χ4v) is 2.59. The molecule has 0 aliphatic carbocycles. The van der Waals surface area contributed by atoms with E-state index in [4.69, 9.17) is 23.8 Å². The Labute approximate surface area is 169 Å². The summed E-state index contributed by atoms with van der Waals surface area (Å²) in [5.41, 5.74) is 7.45. The molecule has 2 aromatic carbocycles. The molecule has 2 amide bonds. The molecule has 3 N–H and O–H groups in total. The van der Waals surface area contributed by atoms with Crippen LogP contribution in [-0.4, -0.2) is 16.9 Å². The van der Waals surface area contributed by atoms with Gasteiger partial charge >= 0.3 is 0 Å². The number of thiocarbonyl (C=S) groups is 1.